The molecule has 0 saturated carbocycles. The first kappa shape index (κ1) is 17.0. The second kappa shape index (κ2) is 8.89. The van der Waals surface area contributed by atoms with E-state index in [1.165, 1.54) is 4.88 Å². The van der Waals surface area contributed by atoms with Crippen molar-refractivity contribution in [3.63, 3.8) is 0 Å². The highest BCUT2D eigenvalue weighted by Crippen LogP contribution is 2.12. The molecular weight excluding hydrogens is 322 g/mol. The number of furan rings is 1. The van der Waals surface area contributed by atoms with Gasteiger partial charge in [0.25, 0.3) is 0 Å². The van der Waals surface area contributed by atoms with Gasteiger partial charge in [0.15, 0.2) is 5.96 Å². The van der Waals surface area contributed by atoms with Gasteiger partial charge in [-0.05, 0) is 36.4 Å². The van der Waals surface area contributed by atoms with Crippen LogP contribution >= 0.6 is 11.3 Å². The van der Waals surface area contributed by atoms with Crippen LogP contribution in [0.3, 0.4) is 0 Å². The number of hydrogen-bond acceptors (Lipinski definition) is 4. The van der Waals surface area contributed by atoms with Crippen LogP contribution in [0.5, 0.6) is 0 Å². The van der Waals surface area contributed by atoms with Crippen molar-refractivity contribution in [2.24, 2.45) is 4.99 Å². The number of hydrogen-bond donors (Lipinski definition) is 2. The Kier molecular flexibility index (Phi) is 6.32. The zero-order valence-corrected chi connectivity index (χ0v) is 14.7. The molecule has 0 radical (unpaired) electrons. The van der Waals surface area contributed by atoms with Gasteiger partial charge in [0, 0.05) is 43.9 Å². The molecule has 0 bridgehead atoms. The van der Waals surface area contributed by atoms with Gasteiger partial charge in [-0.2, -0.15) is 0 Å². The highest BCUT2D eigenvalue weighted by atomic mass is 32.1. The van der Waals surface area contributed by atoms with Crippen molar-refractivity contribution < 1.29 is 9.52 Å². The minimum Gasteiger partial charge on any atom is -0.469 e. The zero-order chi connectivity index (χ0) is 16.6. The number of aliphatic imine (C=N–C) groups is 1. The minimum absolute atomic E-state index is 0.170. The molecule has 3 heterocycles. The molecule has 1 saturated heterocycles. The predicted molar refractivity (Wildman–Crippen MR) is 97.6 cm³/mol. The average Bonchev–Trinajstić information content (AvgIpc) is 3.28. The summed E-state index contributed by atoms with van der Waals surface area (Å²) in [5.41, 5.74) is 0. The molecule has 2 aromatic heterocycles. The van der Waals surface area contributed by atoms with Gasteiger partial charge in [-0.3, -0.25) is 4.99 Å². The summed E-state index contributed by atoms with van der Waals surface area (Å²) in [7, 11) is 0. The van der Waals surface area contributed by atoms with E-state index in [1.54, 1.807) is 17.6 Å². The SMILES string of the molecule is OC1CCN(C(=NCCc2cccs2)NCCc2ccco2)CC1. The number of aliphatic hydroxyl groups excluding tert-OH is 1. The summed E-state index contributed by atoms with van der Waals surface area (Å²) in [5.74, 6) is 1.93. The molecule has 0 aromatic carbocycles. The normalized spacial score (nSPS) is 16.5. The van der Waals surface area contributed by atoms with Crippen molar-refractivity contribution in [3.05, 3.63) is 46.5 Å². The summed E-state index contributed by atoms with van der Waals surface area (Å²) in [6.45, 7) is 3.28. The van der Waals surface area contributed by atoms with Crippen molar-refractivity contribution in [3.8, 4) is 0 Å². The third-order valence-corrected chi connectivity index (χ3v) is 5.13. The molecule has 2 N–H and O–H groups in total. The van der Waals surface area contributed by atoms with E-state index in [9.17, 15) is 5.11 Å². The first-order valence-electron chi connectivity index (χ1n) is 8.57. The van der Waals surface area contributed by atoms with E-state index in [-0.39, 0.29) is 6.10 Å². The Labute approximate surface area is 147 Å². The fourth-order valence-electron chi connectivity index (χ4n) is 2.82. The summed E-state index contributed by atoms with van der Waals surface area (Å²) >= 11 is 1.78. The second-order valence-electron chi connectivity index (χ2n) is 6.01. The molecule has 5 nitrogen and oxygen atoms in total. The maximum atomic E-state index is 9.71. The number of likely N-dealkylation sites (tertiary alicyclic amines) is 1. The van der Waals surface area contributed by atoms with Crippen LogP contribution in [-0.2, 0) is 12.8 Å². The smallest absolute Gasteiger partial charge is 0.193 e. The molecule has 0 spiro atoms. The Bertz CT molecular complexity index is 602. The topological polar surface area (TPSA) is 61.0 Å². The van der Waals surface area contributed by atoms with Crippen LogP contribution in [0.1, 0.15) is 23.5 Å². The number of guanidine groups is 1. The molecule has 0 aliphatic carbocycles. The lowest BCUT2D eigenvalue weighted by molar-refractivity contribution is 0.108. The lowest BCUT2D eigenvalue weighted by Crippen LogP contribution is -2.47. The van der Waals surface area contributed by atoms with Gasteiger partial charge in [0.2, 0.25) is 0 Å². The maximum absolute atomic E-state index is 9.71. The van der Waals surface area contributed by atoms with Crippen LogP contribution < -0.4 is 5.32 Å². The summed E-state index contributed by atoms with van der Waals surface area (Å²) in [6, 6.07) is 8.14. The molecule has 0 amide bonds. The Morgan fingerprint density at radius 3 is 2.88 bits per heavy atom. The highest BCUT2D eigenvalue weighted by molar-refractivity contribution is 7.09. The molecule has 1 aliphatic rings. The first-order chi connectivity index (χ1) is 11.8. The first-order valence-corrected chi connectivity index (χ1v) is 9.45. The van der Waals surface area contributed by atoms with E-state index in [2.05, 4.69) is 27.7 Å². The second-order valence-corrected chi connectivity index (χ2v) is 7.04. The summed E-state index contributed by atoms with van der Waals surface area (Å²) in [5, 5.41) is 15.3. The van der Waals surface area contributed by atoms with Crippen molar-refractivity contribution in [2.45, 2.75) is 31.8 Å². The minimum atomic E-state index is -0.170. The van der Waals surface area contributed by atoms with Crippen molar-refractivity contribution in [1.29, 1.82) is 0 Å². The Morgan fingerprint density at radius 1 is 1.29 bits per heavy atom. The lowest BCUT2D eigenvalue weighted by atomic mass is 10.1. The zero-order valence-electron chi connectivity index (χ0n) is 13.9. The van der Waals surface area contributed by atoms with Gasteiger partial charge in [0.05, 0.1) is 12.4 Å². The maximum Gasteiger partial charge on any atom is 0.193 e. The van der Waals surface area contributed by atoms with E-state index in [4.69, 9.17) is 9.41 Å². The van der Waals surface area contributed by atoms with E-state index in [1.807, 2.05) is 12.1 Å². The predicted octanol–water partition coefficient (Wildman–Crippen LogP) is 2.53. The van der Waals surface area contributed by atoms with Gasteiger partial charge in [0.1, 0.15) is 5.76 Å². The van der Waals surface area contributed by atoms with Crippen LogP contribution in [0, 0.1) is 0 Å². The standard InChI is InChI=1S/C18H25N3O2S/c22-15-7-11-21(12-8-15)18(19-9-5-16-3-1-13-23-16)20-10-6-17-4-2-14-24-17/h1-4,13-15,22H,5-12H2,(H,19,20). The van der Waals surface area contributed by atoms with E-state index >= 15 is 0 Å². The summed E-state index contributed by atoms with van der Waals surface area (Å²) in [4.78, 5) is 8.41. The molecule has 1 aliphatic heterocycles. The van der Waals surface area contributed by atoms with Crippen LogP contribution in [0.4, 0.5) is 0 Å². The Morgan fingerprint density at radius 2 is 2.17 bits per heavy atom. The number of aliphatic hydroxyl groups is 1. The highest BCUT2D eigenvalue weighted by Gasteiger charge is 2.19. The molecular formula is C18H25N3O2S. The third-order valence-electron chi connectivity index (χ3n) is 4.20. The van der Waals surface area contributed by atoms with Gasteiger partial charge in [-0.25, -0.2) is 0 Å². The van der Waals surface area contributed by atoms with Gasteiger partial charge in [-0.1, -0.05) is 6.07 Å². The molecule has 0 atom stereocenters. The number of rotatable bonds is 6. The quantitative estimate of drug-likeness (QED) is 0.623. The van der Waals surface area contributed by atoms with Crippen molar-refractivity contribution in [1.82, 2.24) is 10.2 Å². The van der Waals surface area contributed by atoms with Crippen molar-refractivity contribution >= 4 is 17.3 Å². The fraction of sp³-hybridized carbons (Fsp3) is 0.500. The number of piperidine rings is 1. The molecule has 6 heteroatoms. The van der Waals surface area contributed by atoms with E-state index in [0.717, 1.165) is 63.6 Å². The lowest BCUT2D eigenvalue weighted by Gasteiger charge is -2.32. The van der Waals surface area contributed by atoms with Crippen molar-refractivity contribution in [2.75, 3.05) is 26.2 Å². The average molecular weight is 347 g/mol. The Balaban J connectivity index is 1.54. The monoisotopic (exact) mass is 347 g/mol. The molecule has 1 fully saturated rings. The molecule has 3 rings (SSSR count). The summed E-state index contributed by atoms with van der Waals surface area (Å²) in [6.07, 6.45) is 4.97. The molecule has 130 valence electrons. The van der Waals surface area contributed by atoms with Gasteiger partial charge >= 0.3 is 0 Å². The van der Waals surface area contributed by atoms with Crippen LogP contribution in [-0.4, -0.2) is 48.2 Å². The van der Waals surface area contributed by atoms with Crippen LogP contribution in [0.25, 0.3) is 0 Å². The number of thiophene rings is 1. The molecule has 2 aromatic rings. The van der Waals surface area contributed by atoms with Crippen LogP contribution in [0.15, 0.2) is 45.3 Å². The van der Waals surface area contributed by atoms with E-state index in [0.29, 0.717) is 0 Å². The van der Waals surface area contributed by atoms with Gasteiger partial charge in [-0.15, -0.1) is 11.3 Å². The molecule has 24 heavy (non-hydrogen) atoms. The van der Waals surface area contributed by atoms with Gasteiger partial charge < -0.3 is 19.7 Å². The number of nitrogens with one attached hydrogen (secondary N) is 1. The fourth-order valence-corrected chi connectivity index (χ4v) is 3.52. The number of nitrogens with zero attached hydrogens (tertiary/aromatic N) is 2. The third kappa shape index (κ3) is 5.11. The largest absolute Gasteiger partial charge is 0.469 e. The van der Waals surface area contributed by atoms with E-state index < -0.39 is 0 Å². The Hall–Kier alpha value is -1.79. The van der Waals surface area contributed by atoms with Crippen LogP contribution in [0.2, 0.25) is 0 Å². The summed E-state index contributed by atoms with van der Waals surface area (Å²) < 4.78 is 5.38. The molecule has 0 unspecified atom stereocenters.